The number of thiophene rings is 1. The minimum absolute atomic E-state index is 0.189. The summed E-state index contributed by atoms with van der Waals surface area (Å²) in [4.78, 5) is 22.2. The largest absolute Gasteiger partial charge is 0.440 e. The highest BCUT2D eigenvalue weighted by Crippen LogP contribution is 2.30. The SMILES string of the molecule is Cc1oc(-c2cccs2)nc1C(=O)Nc1nc2ccc(S(C)(=O)=O)cc2s1. The van der Waals surface area contributed by atoms with E-state index in [-0.39, 0.29) is 10.6 Å². The van der Waals surface area contributed by atoms with E-state index >= 15 is 0 Å². The average Bonchev–Trinajstić information content (AvgIpc) is 3.31. The molecule has 1 aromatic carbocycles. The molecule has 0 aliphatic heterocycles. The first-order chi connectivity index (χ1) is 12.8. The molecule has 0 aliphatic carbocycles. The van der Waals surface area contributed by atoms with Crippen LogP contribution in [0.5, 0.6) is 0 Å². The van der Waals surface area contributed by atoms with Gasteiger partial charge in [0.2, 0.25) is 5.89 Å². The summed E-state index contributed by atoms with van der Waals surface area (Å²) in [5.74, 6) is 0.382. The zero-order valence-electron chi connectivity index (χ0n) is 14.2. The van der Waals surface area contributed by atoms with Crippen LogP contribution in [0.25, 0.3) is 21.0 Å². The molecule has 0 saturated heterocycles. The number of aromatic nitrogens is 2. The summed E-state index contributed by atoms with van der Waals surface area (Å²) >= 11 is 2.67. The summed E-state index contributed by atoms with van der Waals surface area (Å²) in [5.41, 5.74) is 0.799. The number of nitrogens with zero attached hydrogens (tertiary/aromatic N) is 2. The number of rotatable bonds is 4. The number of thiazole rings is 1. The lowest BCUT2D eigenvalue weighted by Crippen LogP contribution is -2.13. The third kappa shape index (κ3) is 3.51. The van der Waals surface area contributed by atoms with E-state index in [4.69, 9.17) is 4.42 Å². The number of oxazole rings is 1. The summed E-state index contributed by atoms with van der Waals surface area (Å²) in [5, 5.41) is 4.97. The zero-order chi connectivity index (χ0) is 19.2. The van der Waals surface area contributed by atoms with E-state index < -0.39 is 15.7 Å². The second-order valence-electron chi connectivity index (χ2n) is 5.78. The van der Waals surface area contributed by atoms with Gasteiger partial charge in [0.1, 0.15) is 5.76 Å². The van der Waals surface area contributed by atoms with Crippen molar-refractivity contribution in [2.45, 2.75) is 11.8 Å². The van der Waals surface area contributed by atoms with Gasteiger partial charge in [0.25, 0.3) is 5.91 Å². The third-order valence-electron chi connectivity index (χ3n) is 3.75. The molecule has 0 radical (unpaired) electrons. The molecule has 1 N–H and O–H groups in total. The van der Waals surface area contributed by atoms with E-state index in [1.807, 2.05) is 17.5 Å². The standard InChI is InChI=1S/C17H13N3O4S3/c1-9-14(19-16(24-9)12-4-3-7-25-12)15(21)20-17-18-11-6-5-10(27(2,22)23)8-13(11)26-17/h3-8H,1-2H3,(H,18,20,21). The number of benzene rings is 1. The quantitative estimate of drug-likeness (QED) is 0.537. The lowest BCUT2D eigenvalue weighted by Gasteiger charge is -1.97. The van der Waals surface area contributed by atoms with Gasteiger partial charge in [-0.3, -0.25) is 10.1 Å². The highest BCUT2D eigenvalue weighted by molar-refractivity contribution is 7.90. The van der Waals surface area contributed by atoms with E-state index in [9.17, 15) is 13.2 Å². The van der Waals surface area contributed by atoms with Crippen LogP contribution >= 0.6 is 22.7 Å². The molecule has 10 heteroatoms. The maximum atomic E-state index is 12.6. The van der Waals surface area contributed by atoms with Crippen LogP contribution in [0.4, 0.5) is 5.13 Å². The van der Waals surface area contributed by atoms with Gasteiger partial charge in [0, 0.05) is 6.26 Å². The van der Waals surface area contributed by atoms with E-state index in [0.717, 1.165) is 11.1 Å². The molecule has 27 heavy (non-hydrogen) atoms. The Labute approximate surface area is 162 Å². The van der Waals surface area contributed by atoms with Gasteiger partial charge >= 0.3 is 0 Å². The Bertz CT molecular complexity index is 1250. The van der Waals surface area contributed by atoms with Crippen LogP contribution in [-0.4, -0.2) is 30.5 Å². The first kappa shape index (κ1) is 17.8. The molecule has 4 rings (SSSR count). The van der Waals surface area contributed by atoms with Gasteiger partial charge < -0.3 is 4.42 Å². The number of amides is 1. The fourth-order valence-electron chi connectivity index (χ4n) is 2.46. The van der Waals surface area contributed by atoms with Crippen molar-refractivity contribution in [3.63, 3.8) is 0 Å². The molecule has 7 nitrogen and oxygen atoms in total. The highest BCUT2D eigenvalue weighted by Gasteiger charge is 2.20. The van der Waals surface area contributed by atoms with Gasteiger partial charge in [-0.05, 0) is 36.6 Å². The van der Waals surface area contributed by atoms with Gasteiger partial charge in [-0.2, -0.15) is 0 Å². The van der Waals surface area contributed by atoms with Gasteiger partial charge in [-0.15, -0.1) is 11.3 Å². The predicted molar refractivity (Wildman–Crippen MR) is 105 cm³/mol. The minimum atomic E-state index is -3.31. The fraction of sp³-hybridized carbons (Fsp3) is 0.118. The third-order valence-corrected chi connectivity index (χ3v) is 6.65. The molecule has 0 spiro atoms. The van der Waals surface area contributed by atoms with Gasteiger partial charge in [-0.25, -0.2) is 18.4 Å². The Morgan fingerprint density at radius 1 is 1.22 bits per heavy atom. The molecule has 3 aromatic heterocycles. The number of nitrogens with one attached hydrogen (secondary N) is 1. The monoisotopic (exact) mass is 419 g/mol. The van der Waals surface area contributed by atoms with E-state index in [2.05, 4.69) is 15.3 Å². The number of aryl methyl sites for hydroxylation is 1. The topological polar surface area (TPSA) is 102 Å². The Hall–Kier alpha value is -2.56. The van der Waals surface area contributed by atoms with Crippen molar-refractivity contribution < 1.29 is 17.6 Å². The molecule has 0 saturated carbocycles. The predicted octanol–water partition coefficient (Wildman–Crippen LogP) is 3.98. The van der Waals surface area contributed by atoms with Crippen LogP contribution in [0, 0.1) is 6.92 Å². The van der Waals surface area contributed by atoms with E-state index in [1.165, 1.54) is 28.7 Å². The number of carbonyl (C=O) groups excluding carboxylic acids is 1. The number of hydrogen-bond donors (Lipinski definition) is 1. The van der Waals surface area contributed by atoms with Crippen molar-refractivity contribution in [3.8, 4) is 10.8 Å². The van der Waals surface area contributed by atoms with Crippen LogP contribution in [0.2, 0.25) is 0 Å². The van der Waals surface area contributed by atoms with Crippen LogP contribution in [0.3, 0.4) is 0 Å². The first-order valence-electron chi connectivity index (χ1n) is 7.74. The first-order valence-corrected chi connectivity index (χ1v) is 11.3. The Morgan fingerprint density at radius 2 is 2.04 bits per heavy atom. The number of fused-ring (bicyclic) bond motifs is 1. The molecule has 3 heterocycles. The maximum Gasteiger partial charge on any atom is 0.279 e. The Balaban J connectivity index is 1.61. The summed E-state index contributed by atoms with van der Waals surface area (Å²) < 4.78 is 29.6. The van der Waals surface area contributed by atoms with E-state index in [0.29, 0.717) is 27.0 Å². The molecular formula is C17H13N3O4S3. The zero-order valence-corrected chi connectivity index (χ0v) is 16.7. The molecule has 0 aliphatic rings. The van der Waals surface area contributed by atoms with Crippen LogP contribution in [0.1, 0.15) is 16.2 Å². The number of hydrogen-bond acceptors (Lipinski definition) is 8. The molecule has 138 valence electrons. The smallest absolute Gasteiger partial charge is 0.279 e. The van der Waals surface area contributed by atoms with Gasteiger partial charge in [0.15, 0.2) is 20.7 Å². The molecule has 0 fully saturated rings. The second kappa shape index (κ2) is 6.55. The molecule has 0 bridgehead atoms. The average molecular weight is 420 g/mol. The summed E-state index contributed by atoms with van der Waals surface area (Å²) in [6.45, 7) is 1.68. The van der Waals surface area contributed by atoms with E-state index in [1.54, 1.807) is 19.1 Å². The highest BCUT2D eigenvalue weighted by atomic mass is 32.2. The summed E-state index contributed by atoms with van der Waals surface area (Å²) in [7, 11) is -3.31. The molecular weight excluding hydrogens is 406 g/mol. The summed E-state index contributed by atoms with van der Waals surface area (Å²) in [6, 6.07) is 8.41. The molecule has 0 atom stereocenters. The molecule has 1 amide bonds. The lowest BCUT2D eigenvalue weighted by atomic mass is 10.3. The van der Waals surface area contributed by atoms with Crippen molar-refractivity contribution in [2.24, 2.45) is 0 Å². The molecule has 4 aromatic rings. The Kier molecular flexibility index (Phi) is 4.33. The second-order valence-corrected chi connectivity index (χ2v) is 9.77. The number of anilines is 1. The maximum absolute atomic E-state index is 12.6. The normalized spacial score (nSPS) is 11.8. The minimum Gasteiger partial charge on any atom is -0.440 e. The fourth-order valence-corrected chi connectivity index (χ4v) is 4.73. The molecule has 0 unspecified atom stereocenters. The van der Waals surface area contributed by atoms with Crippen molar-refractivity contribution >= 4 is 53.8 Å². The van der Waals surface area contributed by atoms with Gasteiger partial charge in [-0.1, -0.05) is 17.4 Å². The van der Waals surface area contributed by atoms with Gasteiger partial charge in [0.05, 0.1) is 20.0 Å². The van der Waals surface area contributed by atoms with Crippen LogP contribution in [-0.2, 0) is 9.84 Å². The van der Waals surface area contributed by atoms with Crippen LogP contribution < -0.4 is 5.32 Å². The van der Waals surface area contributed by atoms with Crippen molar-refractivity contribution in [1.29, 1.82) is 0 Å². The number of carbonyl (C=O) groups is 1. The van der Waals surface area contributed by atoms with Crippen molar-refractivity contribution in [1.82, 2.24) is 9.97 Å². The Morgan fingerprint density at radius 3 is 2.74 bits per heavy atom. The summed E-state index contributed by atoms with van der Waals surface area (Å²) in [6.07, 6.45) is 1.15. The number of sulfone groups is 1. The lowest BCUT2D eigenvalue weighted by molar-refractivity contribution is 0.102. The van der Waals surface area contributed by atoms with Crippen molar-refractivity contribution in [3.05, 3.63) is 47.2 Å². The van der Waals surface area contributed by atoms with Crippen LogP contribution in [0.15, 0.2) is 45.0 Å². The van der Waals surface area contributed by atoms with Crippen molar-refractivity contribution in [2.75, 3.05) is 11.6 Å².